The van der Waals surface area contributed by atoms with E-state index in [0.29, 0.717) is 0 Å². The van der Waals surface area contributed by atoms with Gasteiger partial charge in [0.05, 0.1) is 0 Å². The van der Waals surface area contributed by atoms with Crippen molar-refractivity contribution < 1.29 is 45.2 Å². The van der Waals surface area contributed by atoms with Crippen molar-refractivity contribution in [2.75, 3.05) is 0 Å². The van der Waals surface area contributed by atoms with E-state index in [4.69, 9.17) is 0 Å². The minimum absolute atomic E-state index is 0. The van der Waals surface area contributed by atoms with Crippen LogP contribution in [0.15, 0.2) is 44.9 Å². The maximum absolute atomic E-state index is 2.48. The van der Waals surface area contributed by atoms with E-state index in [1.807, 2.05) is 0 Å². The van der Waals surface area contributed by atoms with Gasteiger partial charge in [-0.15, -0.1) is 0 Å². The van der Waals surface area contributed by atoms with E-state index in [9.17, 15) is 0 Å². The van der Waals surface area contributed by atoms with Crippen LogP contribution in [0.2, 0.25) is 0 Å². The van der Waals surface area contributed by atoms with Gasteiger partial charge < -0.3 is 24.8 Å². The molecule has 2 aliphatic rings. The first-order valence-electron chi connectivity index (χ1n) is 9.42. The predicted octanol–water partition coefficient (Wildman–Crippen LogP) is 1.37. The van der Waals surface area contributed by atoms with E-state index >= 15 is 0 Å². The molecule has 2 aliphatic carbocycles. The second kappa shape index (κ2) is 9.17. The van der Waals surface area contributed by atoms with Crippen LogP contribution < -0.4 is 24.8 Å². The van der Waals surface area contributed by atoms with Gasteiger partial charge in [-0.05, 0) is 0 Å². The number of thioether (sulfide) groups is 1. The van der Waals surface area contributed by atoms with E-state index in [1.54, 1.807) is 15.0 Å². The Bertz CT molecular complexity index is 669. The van der Waals surface area contributed by atoms with Gasteiger partial charge in [0.15, 0.2) is 0 Å². The van der Waals surface area contributed by atoms with Crippen LogP contribution in [0.25, 0.3) is 0 Å². The summed E-state index contributed by atoms with van der Waals surface area (Å²) in [6, 6.07) is 0. The maximum atomic E-state index is 2.48. The molecule has 0 bridgehead atoms. The Morgan fingerprint density at radius 1 is 1.00 bits per heavy atom. The van der Waals surface area contributed by atoms with Crippen molar-refractivity contribution in [3.8, 4) is 0 Å². The van der Waals surface area contributed by atoms with E-state index < -0.39 is 0 Å². The molecule has 0 spiro atoms. The number of halogens is 2. The first-order chi connectivity index (χ1) is 11.2. The van der Waals surface area contributed by atoms with E-state index in [-0.39, 0.29) is 45.1 Å². The smallest absolute Gasteiger partial charge is 1.00 e. The van der Waals surface area contributed by atoms with Gasteiger partial charge in [-0.3, -0.25) is 0 Å². The summed E-state index contributed by atoms with van der Waals surface area (Å²) in [7, 11) is 0. The van der Waals surface area contributed by atoms with Crippen molar-refractivity contribution in [1.29, 1.82) is 0 Å². The van der Waals surface area contributed by atoms with E-state index in [1.165, 1.54) is 5.57 Å². The van der Waals surface area contributed by atoms with Crippen molar-refractivity contribution in [3.05, 3.63) is 44.9 Å². The van der Waals surface area contributed by atoms with Crippen LogP contribution in [0.5, 0.6) is 0 Å². The first-order valence-corrected chi connectivity index (χ1v) is 11.0. The molecule has 0 aromatic carbocycles. The molecule has 151 valence electrons. The van der Waals surface area contributed by atoms with Gasteiger partial charge in [-0.2, -0.15) is 0 Å². The number of hydrogen-bond acceptors (Lipinski definition) is 1. The Labute approximate surface area is 196 Å². The molecule has 0 N–H and O–H groups in total. The quantitative estimate of drug-likeness (QED) is 0.572. The van der Waals surface area contributed by atoms with Crippen molar-refractivity contribution >= 4 is 11.8 Å². The van der Waals surface area contributed by atoms with Crippen LogP contribution in [0.3, 0.4) is 0 Å². The fourth-order valence-corrected chi connectivity index (χ4v) is 7.14. The molecule has 1 unspecified atom stereocenters. The van der Waals surface area contributed by atoms with Crippen molar-refractivity contribution in [2.45, 2.75) is 84.6 Å². The van der Waals surface area contributed by atoms with E-state index in [0.717, 1.165) is 12.8 Å². The predicted molar refractivity (Wildman–Crippen MR) is 111 cm³/mol. The molecule has 0 radical (unpaired) electrons. The van der Waals surface area contributed by atoms with Gasteiger partial charge in [0.25, 0.3) is 0 Å². The van der Waals surface area contributed by atoms with Gasteiger partial charge in [0.1, 0.15) is 0 Å². The number of hydrogen-bond donors (Lipinski definition) is 0. The Kier molecular flexibility index (Phi) is 9.38. The van der Waals surface area contributed by atoms with Gasteiger partial charge in [-0.25, -0.2) is 0 Å². The number of allylic oxidation sites excluding steroid dienone is 7. The van der Waals surface area contributed by atoms with Crippen LogP contribution in [-0.4, -0.2) is 9.49 Å². The molecule has 2 rings (SSSR count). The summed E-state index contributed by atoms with van der Waals surface area (Å²) < 4.78 is 1.82. The summed E-state index contributed by atoms with van der Waals surface area (Å²) in [6.45, 7) is 21.5. The van der Waals surface area contributed by atoms with Gasteiger partial charge in [0.2, 0.25) is 0 Å². The van der Waals surface area contributed by atoms with Crippen molar-refractivity contribution in [3.63, 3.8) is 0 Å². The molecular formula is C23H35Cl2STi. The van der Waals surface area contributed by atoms with Crippen molar-refractivity contribution in [1.82, 2.24) is 0 Å². The fraction of sp³-hybridized carbons (Fsp3) is 0.652. The van der Waals surface area contributed by atoms with Crippen LogP contribution >= 0.6 is 11.8 Å². The summed E-state index contributed by atoms with van der Waals surface area (Å²) in [4.78, 5) is 0. The first kappa shape index (κ1) is 27.6. The molecule has 0 fully saturated rings. The SMILES string of the molecule is CC1=CCC(SC(C)(C)C)(C(C)(C)C2=[C]([Ti+2])CC=C2)C(C(C)(C)C)=C1.[Cl-].[Cl-]. The summed E-state index contributed by atoms with van der Waals surface area (Å²) in [5.74, 6) is 0. The van der Waals surface area contributed by atoms with Crippen molar-refractivity contribution in [2.24, 2.45) is 10.8 Å². The second-order valence-electron chi connectivity index (χ2n) is 10.1. The molecule has 0 aromatic heterocycles. The van der Waals surface area contributed by atoms with Crippen LogP contribution in [-0.2, 0) is 20.4 Å². The van der Waals surface area contributed by atoms with Crippen LogP contribution in [0.1, 0.15) is 75.2 Å². The minimum atomic E-state index is 0. The monoisotopic (exact) mass is 461 g/mol. The average Bonchev–Trinajstić information content (AvgIpc) is 2.85. The Morgan fingerprint density at radius 3 is 1.96 bits per heavy atom. The topological polar surface area (TPSA) is 0 Å². The third-order valence-electron chi connectivity index (χ3n) is 5.42. The summed E-state index contributed by atoms with van der Waals surface area (Å²) >= 11 is 4.49. The zero-order valence-electron chi connectivity index (χ0n) is 18.4. The molecule has 0 nitrogen and oxygen atoms in total. The molecule has 27 heavy (non-hydrogen) atoms. The summed E-state index contributed by atoms with van der Waals surface area (Å²) in [5.41, 5.74) is 4.80. The Morgan fingerprint density at radius 2 is 1.56 bits per heavy atom. The van der Waals surface area contributed by atoms with Gasteiger partial charge in [0, 0.05) is 0 Å². The molecule has 0 saturated carbocycles. The molecule has 1 atom stereocenters. The normalized spacial score (nSPS) is 23.5. The zero-order valence-corrected chi connectivity index (χ0v) is 22.3. The molecule has 0 heterocycles. The maximum Gasteiger partial charge on any atom is -1.00 e. The fourth-order valence-electron chi connectivity index (χ4n) is 4.29. The summed E-state index contributed by atoms with van der Waals surface area (Å²) in [6.07, 6.45) is 11.9. The zero-order chi connectivity index (χ0) is 19.3. The Balaban J connectivity index is 0.00000338. The molecule has 0 aliphatic heterocycles. The summed E-state index contributed by atoms with van der Waals surface area (Å²) in [5, 5.41) is 0. The third kappa shape index (κ3) is 5.60. The van der Waals surface area contributed by atoms with Gasteiger partial charge in [-0.1, -0.05) is 0 Å². The second-order valence-corrected chi connectivity index (χ2v) is 13.2. The van der Waals surface area contributed by atoms with E-state index in [2.05, 4.69) is 119 Å². The largest absolute Gasteiger partial charge is 1.00 e. The molecule has 0 amide bonds. The molecule has 0 saturated heterocycles. The Hall–Kier alpha value is 0.604. The molecular weight excluding hydrogens is 427 g/mol. The van der Waals surface area contributed by atoms with Crippen LogP contribution in [0, 0.1) is 10.8 Å². The van der Waals surface area contributed by atoms with Gasteiger partial charge >= 0.3 is 173 Å². The molecule has 0 aromatic rings. The third-order valence-corrected chi connectivity index (χ3v) is 8.02. The molecule has 4 heteroatoms. The van der Waals surface area contributed by atoms with Crippen LogP contribution in [0.4, 0.5) is 0 Å². The number of rotatable bonds is 3. The standard InChI is InChI=1S/C23H35S.2ClH.Ti/c1-17-14-15-23(24-21(5,6)7,19(16-17)20(2,3)4)22(8,9)18-12-10-11-13-18;;;/h10,12,14,16H,11,15H2,1-9H3;2*1H;/q;;;+2/p-2. The minimum Gasteiger partial charge on any atom is -1.00 e. The average molecular weight is 462 g/mol.